The molecule has 1 N–H and O–H groups in total. The smallest absolute Gasteiger partial charge is 0.228 e. The monoisotopic (exact) mass is 262 g/mol. The molecule has 3 nitrogen and oxygen atoms in total. The van der Waals surface area contributed by atoms with Gasteiger partial charge in [-0.25, -0.2) is 0 Å². The van der Waals surface area contributed by atoms with Crippen LogP contribution in [0.3, 0.4) is 0 Å². The van der Waals surface area contributed by atoms with Crippen molar-refractivity contribution in [3.8, 4) is 0 Å². The number of benzene rings is 2. The summed E-state index contributed by atoms with van der Waals surface area (Å²) >= 11 is 0. The van der Waals surface area contributed by atoms with Gasteiger partial charge in [0.1, 0.15) is 0 Å². The third-order valence-electron chi connectivity index (χ3n) is 3.16. The van der Waals surface area contributed by atoms with Gasteiger partial charge < -0.3 is 5.32 Å². The van der Waals surface area contributed by atoms with Crippen LogP contribution >= 0.6 is 0 Å². The third-order valence-corrected chi connectivity index (χ3v) is 3.16. The molecule has 2 aromatic carbocycles. The maximum Gasteiger partial charge on any atom is 0.228 e. The molecule has 1 heterocycles. The first kappa shape index (κ1) is 12.4. The normalized spacial score (nSPS) is 10.4. The number of rotatable bonds is 3. The lowest BCUT2D eigenvalue weighted by atomic mass is 10.1. The van der Waals surface area contributed by atoms with E-state index in [1.165, 1.54) is 0 Å². The minimum absolute atomic E-state index is 0.0330. The van der Waals surface area contributed by atoms with Crippen LogP contribution in [0.15, 0.2) is 67.0 Å². The fourth-order valence-electron chi connectivity index (χ4n) is 2.22. The summed E-state index contributed by atoms with van der Waals surface area (Å²) in [6.07, 6.45) is 3.89. The largest absolute Gasteiger partial charge is 0.326 e. The number of anilines is 1. The average molecular weight is 262 g/mol. The van der Waals surface area contributed by atoms with Gasteiger partial charge in [0, 0.05) is 23.5 Å². The quantitative estimate of drug-likeness (QED) is 0.786. The molecule has 0 saturated carbocycles. The van der Waals surface area contributed by atoms with Crippen molar-refractivity contribution in [1.29, 1.82) is 0 Å². The number of hydrogen-bond acceptors (Lipinski definition) is 2. The highest BCUT2D eigenvalue weighted by molar-refractivity contribution is 5.95. The summed E-state index contributed by atoms with van der Waals surface area (Å²) in [6, 6.07) is 17.4. The molecule has 0 radical (unpaired) electrons. The Morgan fingerprint density at radius 2 is 1.70 bits per heavy atom. The first-order valence-corrected chi connectivity index (χ1v) is 6.49. The van der Waals surface area contributed by atoms with Crippen molar-refractivity contribution in [2.45, 2.75) is 6.42 Å². The lowest BCUT2D eigenvalue weighted by molar-refractivity contribution is -0.115. The van der Waals surface area contributed by atoms with E-state index in [2.05, 4.69) is 10.3 Å². The van der Waals surface area contributed by atoms with E-state index in [1.807, 2.05) is 60.8 Å². The summed E-state index contributed by atoms with van der Waals surface area (Å²) in [6.45, 7) is 0. The Balaban J connectivity index is 1.81. The molecule has 20 heavy (non-hydrogen) atoms. The molecule has 0 atom stereocenters. The van der Waals surface area contributed by atoms with Crippen LogP contribution in [0.1, 0.15) is 5.56 Å². The van der Waals surface area contributed by atoms with Crippen molar-refractivity contribution in [1.82, 2.24) is 4.98 Å². The Morgan fingerprint density at radius 1 is 0.950 bits per heavy atom. The number of pyridine rings is 1. The van der Waals surface area contributed by atoms with Gasteiger partial charge >= 0.3 is 0 Å². The van der Waals surface area contributed by atoms with Gasteiger partial charge in [-0.3, -0.25) is 9.78 Å². The van der Waals surface area contributed by atoms with E-state index < -0.39 is 0 Å². The highest BCUT2D eigenvalue weighted by Crippen LogP contribution is 2.18. The number of amides is 1. The number of para-hydroxylation sites is 1. The number of aromatic nitrogens is 1. The van der Waals surface area contributed by atoms with Crippen molar-refractivity contribution in [2.24, 2.45) is 0 Å². The molecule has 0 fully saturated rings. The SMILES string of the molecule is O=C(Cc1cncc2ccccc12)Nc1ccccc1. The van der Waals surface area contributed by atoms with Crippen LogP contribution in [0.2, 0.25) is 0 Å². The van der Waals surface area contributed by atoms with E-state index in [-0.39, 0.29) is 5.91 Å². The van der Waals surface area contributed by atoms with Gasteiger partial charge in [-0.15, -0.1) is 0 Å². The molecule has 0 aliphatic rings. The molecule has 3 rings (SSSR count). The molecule has 1 aromatic heterocycles. The van der Waals surface area contributed by atoms with E-state index in [4.69, 9.17) is 0 Å². The van der Waals surface area contributed by atoms with Gasteiger partial charge in [-0.1, -0.05) is 42.5 Å². The molecule has 3 aromatic rings. The molecule has 0 bridgehead atoms. The number of nitrogens with zero attached hydrogens (tertiary/aromatic N) is 1. The Labute approximate surface area is 117 Å². The van der Waals surface area contributed by atoms with Gasteiger partial charge in [0.05, 0.1) is 6.42 Å². The topological polar surface area (TPSA) is 42.0 Å². The number of hydrogen-bond donors (Lipinski definition) is 1. The van der Waals surface area contributed by atoms with Crippen LogP contribution in [0.4, 0.5) is 5.69 Å². The van der Waals surface area contributed by atoms with Crippen LogP contribution in [-0.4, -0.2) is 10.9 Å². The van der Waals surface area contributed by atoms with Crippen molar-refractivity contribution < 1.29 is 4.79 Å². The highest BCUT2D eigenvalue weighted by atomic mass is 16.1. The predicted molar refractivity (Wildman–Crippen MR) is 80.5 cm³/mol. The first-order chi connectivity index (χ1) is 9.83. The van der Waals surface area contributed by atoms with Crippen molar-refractivity contribution in [2.75, 3.05) is 5.32 Å². The summed E-state index contributed by atoms with van der Waals surface area (Å²) in [5.41, 5.74) is 1.75. The molecular formula is C17H14N2O. The molecule has 0 aliphatic carbocycles. The number of fused-ring (bicyclic) bond motifs is 1. The fraction of sp³-hybridized carbons (Fsp3) is 0.0588. The Bertz CT molecular complexity index is 733. The zero-order chi connectivity index (χ0) is 13.8. The van der Waals surface area contributed by atoms with E-state index in [1.54, 1.807) is 6.20 Å². The molecular weight excluding hydrogens is 248 g/mol. The van der Waals surface area contributed by atoms with E-state index >= 15 is 0 Å². The Hall–Kier alpha value is -2.68. The second-order valence-electron chi connectivity index (χ2n) is 4.61. The van der Waals surface area contributed by atoms with E-state index in [9.17, 15) is 4.79 Å². The summed E-state index contributed by atoms with van der Waals surface area (Å²) < 4.78 is 0. The lowest BCUT2D eigenvalue weighted by Crippen LogP contribution is -2.14. The maximum atomic E-state index is 12.1. The highest BCUT2D eigenvalue weighted by Gasteiger charge is 2.07. The molecule has 0 unspecified atom stereocenters. The van der Waals surface area contributed by atoms with Gasteiger partial charge in [-0.2, -0.15) is 0 Å². The standard InChI is InChI=1S/C17H14N2O/c20-17(19-15-7-2-1-3-8-15)10-14-12-18-11-13-6-4-5-9-16(13)14/h1-9,11-12H,10H2,(H,19,20). The van der Waals surface area contributed by atoms with Crippen LogP contribution in [0.5, 0.6) is 0 Å². The molecule has 98 valence electrons. The Kier molecular flexibility index (Phi) is 3.42. The minimum atomic E-state index is -0.0330. The first-order valence-electron chi connectivity index (χ1n) is 6.49. The lowest BCUT2D eigenvalue weighted by Gasteiger charge is -2.07. The van der Waals surface area contributed by atoms with Gasteiger partial charge in [-0.05, 0) is 23.1 Å². The predicted octanol–water partition coefficient (Wildman–Crippen LogP) is 3.42. The summed E-state index contributed by atoms with van der Waals surface area (Å²) in [5.74, 6) is -0.0330. The van der Waals surface area contributed by atoms with Gasteiger partial charge in [0.25, 0.3) is 0 Å². The van der Waals surface area contributed by atoms with Crippen LogP contribution in [-0.2, 0) is 11.2 Å². The summed E-state index contributed by atoms with van der Waals surface area (Å²) in [5, 5.41) is 5.02. The number of carbonyl (C=O) groups excluding carboxylic acids is 1. The molecule has 0 aliphatic heterocycles. The Morgan fingerprint density at radius 3 is 2.55 bits per heavy atom. The summed E-state index contributed by atoms with van der Waals surface area (Å²) in [4.78, 5) is 16.3. The molecule has 0 spiro atoms. The molecule has 1 amide bonds. The van der Waals surface area contributed by atoms with Crippen molar-refractivity contribution in [3.63, 3.8) is 0 Å². The minimum Gasteiger partial charge on any atom is -0.326 e. The molecule has 0 saturated heterocycles. The van der Waals surface area contributed by atoms with Crippen LogP contribution < -0.4 is 5.32 Å². The van der Waals surface area contributed by atoms with Crippen molar-refractivity contribution in [3.05, 3.63) is 72.6 Å². The zero-order valence-corrected chi connectivity index (χ0v) is 10.9. The van der Waals surface area contributed by atoms with Crippen LogP contribution in [0, 0.1) is 0 Å². The second kappa shape index (κ2) is 5.53. The van der Waals surface area contributed by atoms with E-state index in [0.29, 0.717) is 6.42 Å². The fourth-order valence-corrected chi connectivity index (χ4v) is 2.22. The van der Waals surface area contributed by atoms with Gasteiger partial charge in [0.2, 0.25) is 5.91 Å². The summed E-state index contributed by atoms with van der Waals surface area (Å²) in [7, 11) is 0. The zero-order valence-electron chi connectivity index (χ0n) is 10.9. The van der Waals surface area contributed by atoms with E-state index in [0.717, 1.165) is 22.0 Å². The average Bonchev–Trinajstić information content (AvgIpc) is 2.48. The number of carbonyl (C=O) groups is 1. The van der Waals surface area contributed by atoms with Gasteiger partial charge in [0.15, 0.2) is 0 Å². The third kappa shape index (κ3) is 2.67. The van der Waals surface area contributed by atoms with Crippen LogP contribution in [0.25, 0.3) is 10.8 Å². The second-order valence-corrected chi connectivity index (χ2v) is 4.61. The maximum absolute atomic E-state index is 12.1. The number of nitrogens with one attached hydrogen (secondary N) is 1. The molecule has 3 heteroatoms. The van der Waals surface area contributed by atoms with Crippen molar-refractivity contribution >= 4 is 22.4 Å².